The van der Waals surface area contributed by atoms with Crippen molar-refractivity contribution >= 4 is 0 Å². The summed E-state index contributed by atoms with van der Waals surface area (Å²) in [6.07, 6.45) is 6.57. The predicted octanol–water partition coefficient (Wildman–Crippen LogP) is 4.49. The van der Waals surface area contributed by atoms with E-state index < -0.39 is 0 Å². The molecular weight excluding hydrogens is 246 g/mol. The molecule has 0 aliphatic heterocycles. The van der Waals surface area contributed by atoms with Crippen molar-refractivity contribution in [2.45, 2.75) is 72.8 Å². The monoisotopic (exact) mass is 283 g/mol. The standard InChI is InChI=1S/C18H37NO/c1-6-19-18-8-7-16(15(4)5)13-17(18)10-12-20-11-9-14(2)3/h14-19H,6-13H2,1-5H3. The summed E-state index contributed by atoms with van der Waals surface area (Å²) in [5.41, 5.74) is 0. The van der Waals surface area contributed by atoms with Gasteiger partial charge >= 0.3 is 0 Å². The third-order valence-corrected chi connectivity index (χ3v) is 4.90. The van der Waals surface area contributed by atoms with Crippen LogP contribution in [0.3, 0.4) is 0 Å². The predicted molar refractivity (Wildman–Crippen MR) is 88.0 cm³/mol. The second-order valence-electron chi connectivity index (χ2n) is 7.32. The quantitative estimate of drug-likeness (QED) is 0.630. The molecule has 120 valence electrons. The number of hydrogen-bond donors (Lipinski definition) is 1. The van der Waals surface area contributed by atoms with Gasteiger partial charge in [0.05, 0.1) is 0 Å². The fourth-order valence-corrected chi connectivity index (χ4v) is 3.41. The first-order valence-electron chi connectivity index (χ1n) is 8.85. The van der Waals surface area contributed by atoms with Crippen molar-refractivity contribution in [2.24, 2.45) is 23.7 Å². The third kappa shape index (κ3) is 6.58. The smallest absolute Gasteiger partial charge is 0.0469 e. The van der Waals surface area contributed by atoms with Gasteiger partial charge in [0, 0.05) is 19.3 Å². The summed E-state index contributed by atoms with van der Waals surface area (Å²) < 4.78 is 5.84. The molecule has 2 heteroatoms. The normalized spacial score (nSPS) is 27.4. The molecule has 1 aliphatic carbocycles. The van der Waals surface area contributed by atoms with E-state index in [1.807, 2.05) is 0 Å². The molecule has 1 fully saturated rings. The van der Waals surface area contributed by atoms with E-state index in [1.54, 1.807) is 0 Å². The zero-order valence-corrected chi connectivity index (χ0v) is 14.5. The number of nitrogens with one attached hydrogen (secondary N) is 1. The fraction of sp³-hybridized carbons (Fsp3) is 1.00. The van der Waals surface area contributed by atoms with Gasteiger partial charge in [0.2, 0.25) is 0 Å². The molecule has 0 bridgehead atoms. The van der Waals surface area contributed by atoms with Gasteiger partial charge in [-0.25, -0.2) is 0 Å². The molecule has 1 N–H and O–H groups in total. The van der Waals surface area contributed by atoms with Gasteiger partial charge in [0.15, 0.2) is 0 Å². The van der Waals surface area contributed by atoms with Crippen LogP contribution in [0.15, 0.2) is 0 Å². The summed E-state index contributed by atoms with van der Waals surface area (Å²) in [5, 5.41) is 3.70. The Labute approximate surface area is 127 Å². The molecule has 1 rings (SSSR count). The highest BCUT2D eigenvalue weighted by Crippen LogP contribution is 2.35. The maximum Gasteiger partial charge on any atom is 0.0469 e. The first-order valence-corrected chi connectivity index (χ1v) is 8.85. The van der Waals surface area contributed by atoms with Crippen LogP contribution in [-0.4, -0.2) is 25.8 Å². The van der Waals surface area contributed by atoms with Crippen molar-refractivity contribution < 1.29 is 4.74 Å². The Morgan fingerprint density at radius 3 is 2.45 bits per heavy atom. The molecule has 0 heterocycles. The van der Waals surface area contributed by atoms with Gasteiger partial charge in [-0.1, -0.05) is 34.6 Å². The molecule has 3 atom stereocenters. The topological polar surface area (TPSA) is 21.3 Å². The fourth-order valence-electron chi connectivity index (χ4n) is 3.41. The molecule has 0 saturated heterocycles. The van der Waals surface area contributed by atoms with Crippen molar-refractivity contribution in [3.63, 3.8) is 0 Å². The summed E-state index contributed by atoms with van der Waals surface area (Å²) >= 11 is 0. The molecule has 20 heavy (non-hydrogen) atoms. The minimum atomic E-state index is 0.726. The van der Waals surface area contributed by atoms with Crippen LogP contribution in [-0.2, 0) is 4.74 Å². The zero-order chi connectivity index (χ0) is 15.0. The second kappa shape index (κ2) is 9.78. The van der Waals surface area contributed by atoms with Gasteiger partial charge in [0.1, 0.15) is 0 Å². The molecule has 0 spiro atoms. The number of ether oxygens (including phenoxy) is 1. The third-order valence-electron chi connectivity index (χ3n) is 4.90. The van der Waals surface area contributed by atoms with E-state index in [2.05, 4.69) is 39.9 Å². The Kier molecular flexibility index (Phi) is 8.79. The maximum absolute atomic E-state index is 5.84. The van der Waals surface area contributed by atoms with Crippen LogP contribution in [0.2, 0.25) is 0 Å². The molecule has 0 radical (unpaired) electrons. The van der Waals surface area contributed by atoms with E-state index in [4.69, 9.17) is 4.74 Å². The van der Waals surface area contributed by atoms with E-state index in [0.29, 0.717) is 0 Å². The van der Waals surface area contributed by atoms with Crippen LogP contribution in [0.5, 0.6) is 0 Å². The minimum Gasteiger partial charge on any atom is -0.381 e. The van der Waals surface area contributed by atoms with Crippen molar-refractivity contribution in [2.75, 3.05) is 19.8 Å². The van der Waals surface area contributed by atoms with Gasteiger partial charge in [-0.15, -0.1) is 0 Å². The highest BCUT2D eigenvalue weighted by Gasteiger charge is 2.30. The van der Waals surface area contributed by atoms with Crippen molar-refractivity contribution in [1.29, 1.82) is 0 Å². The highest BCUT2D eigenvalue weighted by atomic mass is 16.5. The van der Waals surface area contributed by atoms with Gasteiger partial charge in [-0.2, -0.15) is 0 Å². The molecular formula is C18H37NO. The van der Waals surface area contributed by atoms with E-state index in [0.717, 1.165) is 49.5 Å². The Bertz CT molecular complexity index is 240. The average Bonchev–Trinajstić information content (AvgIpc) is 2.39. The lowest BCUT2D eigenvalue weighted by atomic mass is 9.72. The molecule has 2 nitrogen and oxygen atoms in total. The molecule has 3 unspecified atom stereocenters. The molecule has 0 aromatic rings. The summed E-state index contributed by atoms with van der Waals surface area (Å²) in [5.74, 6) is 3.33. The van der Waals surface area contributed by atoms with Crippen LogP contribution >= 0.6 is 0 Å². The maximum atomic E-state index is 5.84. The van der Waals surface area contributed by atoms with Crippen LogP contribution < -0.4 is 5.32 Å². The van der Waals surface area contributed by atoms with E-state index in [-0.39, 0.29) is 0 Å². The second-order valence-corrected chi connectivity index (χ2v) is 7.32. The van der Waals surface area contributed by atoms with E-state index >= 15 is 0 Å². The first kappa shape index (κ1) is 18.0. The lowest BCUT2D eigenvalue weighted by molar-refractivity contribution is 0.0841. The Morgan fingerprint density at radius 1 is 1.10 bits per heavy atom. The van der Waals surface area contributed by atoms with Crippen molar-refractivity contribution in [3.8, 4) is 0 Å². The van der Waals surface area contributed by atoms with Crippen LogP contribution in [0.4, 0.5) is 0 Å². The number of hydrogen-bond acceptors (Lipinski definition) is 2. The molecule has 0 aromatic heterocycles. The van der Waals surface area contributed by atoms with Crippen LogP contribution in [0.1, 0.15) is 66.7 Å². The van der Waals surface area contributed by atoms with Crippen LogP contribution in [0, 0.1) is 23.7 Å². The number of rotatable bonds is 9. The summed E-state index contributed by atoms with van der Waals surface area (Å²) in [6.45, 7) is 14.5. The van der Waals surface area contributed by atoms with Crippen LogP contribution in [0.25, 0.3) is 0 Å². The molecule has 1 saturated carbocycles. The van der Waals surface area contributed by atoms with Gasteiger partial charge in [-0.3, -0.25) is 0 Å². The summed E-state index contributed by atoms with van der Waals surface area (Å²) in [6, 6.07) is 0.726. The first-order chi connectivity index (χ1) is 9.54. The van der Waals surface area contributed by atoms with Gasteiger partial charge in [-0.05, 0) is 62.3 Å². The summed E-state index contributed by atoms with van der Waals surface area (Å²) in [4.78, 5) is 0. The lowest BCUT2D eigenvalue weighted by Crippen LogP contribution is -2.41. The van der Waals surface area contributed by atoms with E-state index in [1.165, 1.54) is 32.1 Å². The van der Waals surface area contributed by atoms with Crippen molar-refractivity contribution in [3.05, 3.63) is 0 Å². The lowest BCUT2D eigenvalue weighted by Gasteiger charge is -2.38. The average molecular weight is 283 g/mol. The van der Waals surface area contributed by atoms with Gasteiger partial charge in [0.25, 0.3) is 0 Å². The molecule has 0 amide bonds. The van der Waals surface area contributed by atoms with Crippen molar-refractivity contribution in [1.82, 2.24) is 5.32 Å². The Morgan fingerprint density at radius 2 is 1.85 bits per heavy atom. The molecule has 1 aliphatic rings. The zero-order valence-electron chi connectivity index (χ0n) is 14.5. The largest absolute Gasteiger partial charge is 0.381 e. The Balaban J connectivity index is 2.32. The Hall–Kier alpha value is -0.0800. The minimum absolute atomic E-state index is 0.726. The van der Waals surface area contributed by atoms with E-state index in [9.17, 15) is 0 Å². The summed E-state index contributed by atoms with van der Waals surface area (Å²) in [7, 11) is 0. The highest BCUT2D eigenvalue weighted by molar-refractivity contribution is 4.85. The molecule has 0 aromatic carbocycles. The van der Waals surface area contributed by atoms with Gasteiger partial charge < -0.3 is 10.1 Å². The SMILES string of the molecule is CCNC1CCC(C(C)C)CC1CCOCCC(C)C.